The van der Waals surface area contributed by atoms with Crippen LogP contribution in [0.5, 0.6) is 0 Å². The Morgan fingerprint density at radius 1 is 0.340 bits per heavy atom. The third kappa shape index (κ3) is 4.94. The monoisotopic (exact) mass is 672 g/mol. The van der Waals surface area contributed by atoms with Gasteiger partial charge in [-0.05, 0) is 90.3 Å². The molecule has 1 aromatic heterocycles. The lowest BCUT2D eigenvalue weighted by atomic mass is 9.85. The van der Waals surface area contributed by atoms with Gasteiger partial charge >= 0.3 is 0 Å². The molecule has 0 fully saturated rings. The largest absolute Gasteiger partial charge is 0.309 e. The van der Waals surface area contributed by atoms with Gasteiger partial charge in [0, 0.05) is 16.5 Å². The first-order valence-corrected chi connectivity index (χ1v) is 18.0. The van der Waals surface area contributed by atoms with Gasteiger partial charge in [0.25, 0.3) is 0 Å². The SMILES string of the molecule is [C-]#[N+]c1ccc(-n2c3ccccc3c3ccccc32)cc1-c1ccccc1-c1ccc(-c2c3ccccc3c(-c3ccccc3)c3ccccc23)cc1. The van der Waals surface area contributed by atoms with Crippen molar-refractivity contribution >= 4 is 49.0 Å². The number of hydrogen-bond acceptors (Lipinski definition) is 0. The number of hydrogen-bond donors (Lipinski definition) is 0. The van der Waals surface area contributed by atoms with Crippen molar-refractivity contribution in [2.45, 2.75) is 0 Å². The van der Waals surface area contributed by atoms with Gasteiger partial charge in [-0.3, -0.25) is 0 Å². The van der Waals surface area contributed by atoms with Crippen LogP contribution >= 0.6 is 0 Å². The van der Waals surface area contributed by atoms with E-state index in [1.807, 2.05) is 6.07 Å². The lowest BCUT2D eigenvalue weighted by Crippen LogP contribution is -1.95. The fourth-order valence-electron chi connectivity index (χ4n) is 8.32. The minimum absolute atomic E-state index is 0.634. The van der Waals surface area contributed by atoms with E-state index in [2.05, 4.69) is 197 Å². The van der Waals surface area contributed by atoms with Gasteiger partial charge < -0.3 is 4.57 Å². The third-order valence-corrected chi connectivity index (χ3v) is 10.6. The van der Waals surface area contributed by atoms with Gasteiger partial charge in [0.15, 0.2) is 5.69 Å². The molecule has 0 bridgehead atoms. The third-order valence-electron chi connectivity index (χ3n) is 10.6. The number of benzene rings is 9. The lowest BCUT2D eigenvalue weighted by Gasteiger charge is -2.18. The zero-order chi connectivity index (χ0) is 35.3. The van der Waals surface area contributed by atoms with Crippen molar-refractivity contribution in [3.63, 3.8) is 0 Å². The molecule has 0 amide bonds. The molecular weight excluding hydrogens is 641 g/mol. The maximum Gasteiger partial charge on any atom is 0.195 e. The molecule has 53 heavy (non-hydrogen) atoms. The summed E-state index contributed by atoms with van der Waals surface area (Å²) in [6.45, 7) is 8.16. The van der Waals surface area contributed by atoms with Gasteiger partial charge in [-0.25, -0.2) is 4.85 Å². The summed E-state index contributed by atoms with van der Waals surface area (Å²) >= 11 is 0. The standard InChI is InChI=1S/C51H32N2/c1-52-47-32-31-37(53-48-25-13-11-19-40(48)41-20-12-14-26-49(41)53)33-46(47)39-18-6-5-17-38(39)34-27-29-36(30-28-34)51-44-23-9-7-21-42(44)50(35-15-3-2-4-16-35)43-22-8-10-24-45(43)51/h2-33H. The molecule has 0 saturated carbocycles. The number of nitrogens with zero attached hydrogens (tertiary/aromatic N) is 2. The van der Waals surface area contributed by atoms with Crippen molar-refractivity contribution in [1.82, 2.24) is 4.57 Å². The van der Waals surface area contributed by atoms with Gasteiger partial charge in [0.05, 0.1) is 17.6 Å². The van der Waals surface area contributed by atoms with Gasteiger partial charge in [0.1, 0.15) is 0 Å². The Labute approximate surface area is 308 Å². The lowest BCUT2D eigenvalue weighted by molar-refractivity contribution is 1.18. The van der Waals surface area contributed by atoms with Crippen molar-refractivity contribution in [2.75, 3.05) is 0 Å². The molecule has 2 heteroatoms. The molecule has 10 aromatic rings. The second kappa shape index (κ2) is 12.5. The predicted octanol–water partition coefficient (Wildman–Crippen LogP) is 14.3. The quantitative estimate of drug-likeness (QED) is 0.127. The molecular formula is C51H32N2. The molecule has 0 saturated heterocycles. The summed E-state index contributed by atoms with van der Waals surface area (Å²) in [5.41, 5.74) is 13.0. The normalized spacial score (nSPS) is 11.4. The second-order valence-electron chi connectivity index (χ2n) is 13.5. The smallest absolute Gasteiger partial charge is 0.195 e. The Hall–Kier alpha value is -7.21. The molecule has 1 heterocycles. The van der Waals surface area contributed by atoms with E-state index < -0.39 is 0 Å². The van der Waals surface area contributed by atoms with Crippen LogP contribution in [-0.4, -0.2) is 4.57 Å². The predicted molar refractivity (Wildman–Crippen MR) is 224 cm³/mol. The van der Waals surface area contributed by atoms with Gasteiger partial charge in [-0.15, -0.1) is 0 Å². The molecule has 2 nitrogen and oxygen atoms in total. The Morgan fingerprint density at radius 3 is 1.32 bits per heavy atom. The highest BCUT2D eigenvalue weighted by Gasteiger charge is 2.18. The zero-order valence-electron chi connectivity index (χ0n) is 28.9. The van der Waals surface area contributed by atoms with Gasteiger partial charge in [0.2, 0.25) is 0 Å². The molecule has 0 spiro atoms. The minimum Gasteiger partial charge on any atom is -0.309 e. The maximum atomic E-state index is 8.16. The Balaban J connectivity index is 1.12. The molecule has 246 valence electrons. The first-order valence-electron chi connectivity index (χ1n) is 18.0. The summed E-state index contributed by atoms with van der Waals surface area (Å²) in [5.74, 6) is 0. The van der Waals surface area contributed by atoms with Crippen LogP contribution < -0.4 is 0 Å². The molecule has 10 rings (SSSR count). The number of rotatable bonds is 5. The Bertz CT molecular complexity index is 2940. The van der Waals surface area contributed by atoms with E-state index in [0.29, 0.717) is 5.69 Å². The van der Waals surface area contributed by atoms with Crippen LogP contribution in [0.3, 0.4) is 0 Å². The van der Waals surface area contributed by atoms with Crippen LogP contribution in [0.2, 0.25) is 0 Å². The summed E-state index contributed by atoms with van der Waals surface area (Å²) in [7, 11) is 0. The van der Waals surface area contributed by atoms with Crippen LogP contribution in [0.25, 0.3) is 98.4 Å². The van der Waals surface area contributed by atoms with Crippen molar-refractivity contribution in [3.05, 3.63) is 206 Å². The number of aromatic nitrogens is 1. The van der Waals surface area contributed by atoms with E-state index in [1.54, 1.807) is 0 Å². The van der Waals surface area contributed by atoms with Crippen molar-refractivity contribution in [2.24, 2.45) is 0 Å². The first-order chi connectivity index (χ1) is 26.3. The average Bonchev–Trinajstić information content (AvgIpc) is 3.57. The van der Waals surface area contributed by atoms with E-state index in [-0.39, 0.29) is 0 Å². The van der Waals surface area contributed by atoms with Crippen LogP contribution in [0.15, 0.2) is 194 Å². The minimum atomic E-state index is 0.634. The van der Waals surface area contributed by atoms with Crippen LogP contribution in [0.1, 0.15) is 0 Å². The van der Waals surface area contributed by atoms with Gasteiger partial charge in [-0.1, -0.05) is 170 Å². The molecule has 0 aliphatic heterocycles. The highest BCUT2D eigenvalue weighted by atomic mass is 15.0. The van der Waals surface area contributed by atoms with Crippen molar-refractivity contribution in [3.8, 4) is 50.2 Å². The topological polar surface area (TPSA) is 9.29 Å². The number of fused-ring (bicyclic) bond motifs is 5. The zero-order valence-corrected chi connectivity index (χ0v) is 28.9. The highest BCUT2D eigenvalue weighted by molar-refractivity contribution is 6.21. The fourth-order valence-corrected chi connectivity index (χ4v) is 8.32. The second-order valence-corrected chi connectivity index (χ2v) is 13.5. The Kier molecular flexibility index (Phi) is 7.23. The van der Waals surface area contributed by atoms with E-state index in [4.69, 9.17) is 6.57 Å². The van der Waals surface area contributed by atoms with Crippen LogP contribution in [0.4, 0.5) is 5.69 Å². The highest BCUT2D eigenvalue weighted by Crippen LogP contribution is 2.45. The summed E-state index contributed by atoms with van der Waals surface area (Å²) in [6, 6.07) is 69.1. The fraction of sp³-hybridized carbons (Fsp3) is 0. The van der Waals surface area contributed by atoms with Gasteiger partial charge in [-0.2, -0.15) is 0 Å². The average molecular weight is 673 g/mol. The molecule has 0 aliphatic rings. The summed E-state index contributed by atoms with van der Waals surface area (Å²) < 4.78 is 2.32. The molecule has 0 atom stereocenters. The van der Waals surface area contributed by atoms with E-state index >= 15 is 0 Å². The maximum absolute atomic E-state index is 8.16. The molecule has 0 radical (unpaired) electrons. The van der Waals surface area contributed by atoms with Crippen molar-refractivity contribution < 1.29 is 0 Å². The summed E-state index contributed by atoms with van der Waals surface area (Å²) in [6.07, 6.45) is 0. The van der Waals surface area contributed by atoms with Crippen LogP contribution in [-0.2, 0) is 0 Å². The van der Waals surface area contributed by atoms with E-state index in [0.717, 1.165) is 39.0 Å². The first kappa shape index (κ1) is 30.6. The summed E-state index contributed by atoms with van der Waals surface area (Å²) in [4.78, 5) is 4.01. The van der Waals surface area contributed by atoms with E-state index in [9.17, 15) is 0 Å². The Morgan fingerprint density at radius 2 is 0.774 bits per heavy atom. The van der Waals surface area contributed by atoms with Crippen LogP contribution in [0, 0.1) is 6.57 Å². The van der Waals surface area contributed by atoms with E-state index in [1.165, 1.54) is 54.6 Å². The molecule has 0 unspecified atom stereocenters. The summed E-state index contributed by atoms with van der Waals surface area (Å²) in [5, 5.41) is 7.40. The molecule has 0 N–H and O–H groups in total. The van der Waals surface area contributed by atoms with Crippen molar-refractivity contribution in [1.29, 1.82) is 0 Å². The molecule has 9 aromatic carbocycles. The number of para-hydroxylation sites is 2. The molecule has 0 aliphatic carbocycles.